The van der Waals surface area contributed by atoms with Crippen LogP contribution < -0.4 is 5.32 Å². The Kier molecular flexibility index (Phi) is 6.03. The zero-order valence-corrected chi connectivity index (χ0v) is 14.3. The summed E-state index contributed by atoms with van der Waals surface area (Å²) in [6.45, 7) is 7.12. The number of nitrogens with one attached hydrogen (secondary N) is 1. The van der Waals surface area contributed by atoms with E-state index >= 15 is 0 Å². The topological polar surface area (TPSA) is 28.2 Å². The summed E-state index contributed by atoms with van der Waals surface area (Å²) < 4.78 is 0. The van der Waals surface area contributed by atoms with Crippen LogP contribution in [0.25, 0.3) is 0 Å². The van der Waals surface area contributed by atoms with E-state index in [-0.39, 0.29) is 5.54 Å². The van der Waals surface area contributed by atoms with Gasteiger partial charge in [0.2, 0.25) is 0 Å². The highest BCUT2D eigenvalue weighted by atomic mass is 35.5. The van der Waals surface area contributed by atoms with E-state index in [0.717, 1.165) is 11.4 Å². The number of likely N-dealkylation sites (N-methyl/N-ethyl adjacent to an activating group) is 1. The maximum absolute atomic E-state index is 6.28. The molecule has 118 valence electrons. The highest BCUT2D eigenvalue weighted by Gasteiger charge is 2.34. The molecule has 1 aromatic rings. The van der Waals surface area contributed by atoms with Crippen LogP contribution in [0.4, 0.5) is 0 Å². The number of hydrogen-bond donors (Lipinski definition) is 1. The van der Waals surface area contributed by atoms with Gasteiger partial charge in [0.15, 0.2) is 0 Å². The Hall–Kier alpha value is -0.640. The molecule has 0 saturated carbocycles. The Morgan fingerprint density at radius 3 is 2.52 bits per heavy atom. The monoisotopic (exact) mass is 309 g/mol. The van der Waals surface area contributed by atoms with Crippen LogP contribution in [0.5, 0.6) is 0 Å². The highest BCUT2D eigenvalue weighted by molar-refractivity contribution is 6.31. The number of hydrogen-bond acceptors (Lipinski definition) is 3. The van der Waals surface area contributed by atoms with Crippen LogP contribution in [0, 0.1) is 0 Å². The number of aromatic nitrogens is 1. The van der Waals surface area contributed by atoms with Gasteiger partial charge in [-0.15, -0.1) is 0 Å². The Balaban J connectivity index is 2.12. The van der Waals surface area contributed by atoms with Gasteiger partial charge in [0, 0.05) is 24.0 Å². The molecule has 1 aliphatic rings. The Morgan fingerprint density at radius 1 is 1.29 bits per heavy atom. The molecule has 2 heterocycles. The van der Waals surface area contributed by atoms with Gasteiger partial charge in [-0.25, -0.2) is 0 Å². The molecule has 1 saturated heterocycles. The smallest absolute Gasteiger partial charge is 0.0621 e. The summed E-state index contributed by atoms with van der Waals surface area (Å²) in [4.78, 5) is 6.73. The van der Waals surface area contributed by atoms with Crippen LogP contribution in [0.15, 0.2) is 18.5 Å². The Bertz CT molecular complexity index is 439. The number of halogens is 1. The van der Waals surface area contributed by atoms with E-state index in [1.807, 2.05) is 12.3 Å². The summed E-state index contributed by atoms with van der Waals surface area (Å²) in [7, 11) is 2.05. The van der Waals surface area contributed by atoms with Crippen LogP contribution in [-0.2, 0) is 6.42 Å². The van der Waals surface area contributed by atoms with Crippen molar-refractivity contribution in [3.05, 3.63) is 29.0 Å². The minimum atomic E-state index is 0.117. The maximum atomic E-state index is 6.28. The SMILES string of the molecule is CNC(Cc1ccncc1Cl)C(C)(C)N1CCCCCC1. The molecule has 3 nitrogen and oxygen atoms in total. The van der Waals surface area contributed by atoms with Gasteiger partial charge in [-0.05, 0) is 64.9 Å². The molecule has 1 aliphatic heterocycles. The van der Waals surface area contributed by atoms with E-state index in [4.69, 9.17) is 11.6 Å². The second kappa shape index (κ2) is 7.57. The van der Waals surface area contributed by atoms with Gasteiger partial charge in [-0.2, -0.15) is 0 Å². The van der Waals surface area contributed by atoms with Gasteiger partial charge in [0.25, 0.3) is 0 Å². The zero-order chi connectivity index (χ0) is 15.3. The van der Waals surface area contributed by atoms with Crippen molar-refractivity contribution in [2.24, 2.45) is 0 Å². The molecule has 2 rings (SSSR count). The van der Waals surface area contributed by atoms with Crippen LogP contribution >= 0.6 is 11.6 Å². The summed E-state index contributed by atoms with van der Waals surface area (Å²) in [6, 6.07) is 2.40. The van der Waals surface area contributed by atoms with Gasteiger partial charge >= 0.3 is 0 Å². The minimum absolute atomic E-state index is 0.117. The molecule has 0 aliphatic carbocycles. The molecule has 0 radical (unpaired) electrons. The summed E-state index contributed by atoms with van der Waals surface area (Å²) in [6.07, 6.45) is 9.86. The molecular formula is C17H28ClN3. The van der Waals surface area contributed by atoms with Crippen molar-refractivity contribution in [3.63, 3.8) is 0 Å². The van der Waals surface area contributed by atoms with E-state index in [1.54, 1.807) is 6.20 Å². The van der Waals surface area contributed by atoms with Crippen molar-refractivity contribution in [2.75, 3.05) is 20.1 Å². The largest absolute Gasteiger partial charge is 0.315 e. The predicted molar refractivity (Wildman–Crippen MR) is 89.9 cm³/mol. The summed E-state index contributed by atoms with van der Waals surface area (Å²) in [5.41, 5.74) is 1.29. The molecule has 1 N–H and O–H groups in total. The van der Waals surface area contributed by atoms with Crippen LogP contribution in [0.2, 0.25) is 5.02 Å². The van der Waals surface area contributed by atoms with Crippen LogP contribution in [0.3, 0.4) is 0 Å². The van der Waals surface area contributed by atoms with Crippen molar-refractivity contribution in [2.45, 2.75) is 57.5 Å². The van der Waals surface area contributed by atoms with E-state index in [9.17, 15) is 0 Å². The lowest BCUT2D eigenvalue weighted by Crippen LogP contribution is -2.58. The van der Waals surface area contributed by atoms with Crippen LogP contribution in [-0.4, -0.2) is 41.6 Å². The lowest BCUT2D eigenvalue weighted by atomic mass is 9.87. The average Bonchev–Trinajstić information content (AvgIpc) is 2.75. The number of pyridine rings is 1. The molecule has 0 bridgehead atoms. The lowest BCUT2D eigenvalue weighted by molar-refractivity contribution is 0.0865. The second-order valence-electron chi connectivity index (χ2n) is 6.57. The number of likely N-dealkylation sites (tertiary alicyclic amines) is 1. The van der Waals surface area contributed by atoms with Gasteiger partial charge < -0.3 is 5.32 Å². The van der Waals surface area contributed by atoms with Gasteiger partial charge in [-0.1, -0.05) is 24.4 Å². The van der Waals surface area contributed by atoms with Gasteiger partial charge in [-0.3, -0.25) is 9.88 Å². The average molecular weight is 310 g/mol. The molecule has 1 aromatic heterocycles. The summed E-state index contributed by atoms with van der Waals surface area (Å²) >= 11 is 6.28. The third-order valence-corrected chi connectivity index (χ3v) is 5.24. The zero-order valence-electron chi connectivity index (χ0n) is 13.5. The van der Waals surface area contributed by atoms with Crippen molar-refractivity contribution in [3.8, 4) is 0 Å². The third-order valence-electron chi connectivity index (χ3n) is 4.90. The normalized spacial score (nSPS) is 19.2. The molecule has 1 atom stereocenters. The summed E-state index contributed by atoms with van der Waals surface area (Å²) in [5.74, 6) is 0. The summed E-state index contributed by atoms with van der Waals surface area (Å²) in [5, 5.41) is 4.28. The van der Waals surface area contributed by atoms with E-state index in [0.29, 0.717) is 6.04 Å². The molecule has 0 amide bonds. The fraction of sp³-hybridized carbons (Fsp3) is 0.706. The third kappa shape index (κ3) is 4.18. The van der Waals surface area contributed by atoms with E-state index < -0.39 is 0 Å². The maximum Gasteiger partial charge on any atom is 0.0621 e. The van der Waals surface area contributed by atoms with Gasteiger partial charge in [0.05, 0.1) is 5.02 Å². The van der Waals surface area contributed by atoms with E-state index in [2.05, 4.69) is 36.1 Å². The van der Waals surface area contributed by atoms with Crippen molar-refractivity contribution in [1.29, 1.82) is 0 Å². The number of nitrogens with zero attached hydrogens (tertiary/aromatic N) is 2. The second-order valence-corrected chi connectivity index (χ2v) is 6.97. The fourth-order valence-corrected chi connectivity index (χ4v) is 3.56. The Labute approximate surface area is 134 Å². The molecule has 0 aromatic carbocycles. The quantitative estimate of drug-likeness (QED) is 0.902. The molecule has 1 fully saturated rings. The first-order valence-electron chi connectivity index (χ1n) is 8.06. The van der Waals surface area contributed by atoms with Crippen molar-refractivity contribution < 1.29 is 0 Å². The van der Waals surface area contributed by atoms with Crippen molar-refractivity contribution >= 4 is 11.6 Å². The number of rotatable bonds is 5. The molecule has 4 heteroatoms. The van der Waals surface area contributed by atoms with Gasteiger partial charge in [0.1, 0.15) is 0 Å². The van der Waals surface area contributed by atoms with Crippen LogP contribution in [0.1, 0.15) is 45.1 Å². The molecule has 1 unspecified atom stereocenters. The molecular weight excluding hydrogens is 282 g/mol. The first kappa shape index (κ1) is 16.7. The first-order chi connectivity index (χ1) is 10.1. The highest BCUT2D eigenvalue weighted by Crippen LogP contribution is 2.27. The Morgan fingerprint density at radius 2 is 1.95 bits per heavy atom. The van der Waals surface area contributed by atoms with E-state index in [1.165, 1.54) is 44.3 Å². The van der Waals surface area contributed by atoms with Crippen molar-refractivity contribution in [1.82, 2.24) is 15.2 Å². The molecule has 21 heavy (non-hydrogen) atoms. The lowest BCUT2D eigenvalue weighted by Gasteiger charge is -2.44. The predicted octanol–water partition coefficient (Wildman–Crippen LogP) is 3.52. The fourth-order valence-electron chi connectivity index (χ4n) is 3.36. The standard InChI is InChI=1S/C17H28ClN3/c1-17(2,21-10-6-4-5-7-11-21)16(19-3)12-14-8-9-20-13-15(14)18/h8-9,13,16,19H,4-7,10-12H2,1-3H3. The first-order valence-corrected chi connectivity index (χ1v) is 8.44. The minimum Gasteiger partial charge on any atom is -0.315 e. The molecule has 0 spiro atoms.